The van der Waals surface area contributed by atoms with E-state index in [1.165, 1.54) is 11.1 Å². The Morgan fingerprint density at radius 1 is 1.36 bits per heavy atom. The Bertz CT molecular complexity index is 508. The maximum absolute atomic E-state index is 12.3. The van der Waals surface area contributed by atoms with E-state index < -0.39 is 0 Å². The van der Waals surface area contributed by atoms with Crippen LogP contribution in [0.3, 0.4) is 0 Å². The number of amides is 1. The lowest BCUT2D eigenvalue weighted by atomic mass is 10.0. The topological polar surface area (TPSA) is 41.6 Å². The van der Waals surface area contributed by atoms with Gasteiger partial charge in [0.05, 0.1) is 0 Å². The average molecular weight is 304 g/mol. The minimum absolute atomic E-state index is 0.0430. The molecule has 4 nitrogen and oxygen atoms in total. The van der Waals surface area contributed by atoms with Gasteiger partial charge in [-0.05, 0) is 38.1 Å². The highest BCUT2D eigenvalue weighted by molar-refractivity contribution is 5.78. The van der Waals surface area contributed by atoms with Crippen molar-refractivity contribution < 1.29 is 9.53 Å². The Morgan fingerprint density at radius 3 is 2.68 bits per heavy atom. The molecule has 0 bridgehead atoms. The second-order valence-corrected chi connectivity index (χ2v) is 6.37. The lowest BCUT2D eigenvalue weighted by molar-refractivity contribution is -0.136. The van der Waals surface area contributed by atoms with Crippen LogP contribution in [0.25, 0.3) is 0 Å². The summed E-state index contributed by atoms with van der Waals surface area (Å²) in [6.07, 6.45) is 2.03. The molecule has 1 aliphatic rings. The summed E-state index contributed by atoms with van der Waals surface area (Å²) in [6.45, 7) is 8.46. The number of likely N-dealkylation sites (tertiary alicyclic amines) is 1. The molecule has 0 spiro atoms. The molecule has 0 aromatic heterocycles. The third kappa shape index (κ3) is 4.23. The maximum atomic E-state index is 12.3. The summed E-state index contributed by atoms with van der Waals surface area (Å²) in [4.78, 5) is 14.3. The van der Waals surface area contributed by atoms with E-state index in [-0.39, 0.29) is 17.9 Å². The highest BCUT2D eigenvalue weighted by Gasteiger charge is 2.26. The molecule has 1 N–H and O–H groups in total. The molecule has 1 amide bonds. The minimum atomic E-state index is 0.0430. The van der Waals surface area contributed by atoms with Gasteiger partial charge in [0.2, 0.25) is 5.91 Å². The normalized spacial score (nSPS) is 17.4. The van der Waals surface area contributed by atoms with E-state index in [2.05, 4.69) is 37.4 Å². The molecule has 2 rings (SSSR count). The zero-order valence-corrected chi connectivity index (χ0v) is 14.2. The molecule has 0 saturated carbocycles. The Hall–Kier alpha value is -1.55. The molecule has 4 heteroatoms. The molecule has 122 valence electrons. The van der Waals surface area contributed by atoms with Crippen LogP contribution in [0, 0.1) is 19.8 Å². The van der Waals surface area contributed by atoms with Gasteiger partial charge in [-0.2, -0.15) is 0 Å². The van der Waals surface area contributed by atoms with Gasteiger partial charge in [0.1, 0.15) is 11.9 Å². The number of ether oxygens (including phenoxy) is 1. The quantitative estimate of drug-likeness (QED) is 0.909. The summed E-state index contributed by atoms with van der Waals surface area (Å²) >= 11 is 0. The van der Waals surface area contributed by atoms with Crippen molar-refractivity contribution >= 4 is 5.91 Å². The summed E-state index contributed by atoms with van der Waals surface area (Å²) < 4.78 is 6.15. The Balaban J connectivity index is 1.87. The first-order chi connectivity index (χ1) is 10.5. The first kappa shape index (κ1) is 16.8. The smallest absolute Gasteiger partial charge is 0.226 e. The predicted octanol–water partition coefficient (Wildman–Crippen LogP) is 2.53. The number of carbonyl (C=O) groups excluding carboxylic acids is 1. The van der Waals surface area contributed by atoms with Crippen LogP contribution in [0.2, 0.25) is 0 Å². The lowest BCUT2D eigenvalue weighted by Crippen LogP contribution is -2.45. The highest BCUT2D eigenvalue weighted by atomic mass is 16.5. The van der Waals surface area contributed by atoms with Crippen molar-refractivity contribution in [3.05, 3.63) is 29.3 Å². The molecule has 0 radical (unpaired) electrons. The van der Waals surface area contributed by atoms with Crippen molar-refractivity contribution in [2.24, 2.45) is 5.92 Å². The van der Waals surface area contributed by atoms with Gasteiger partial charge >= 0.3 is 0 Å². The molecular weight excluding hydrogens is 276 g/mol. The van der Waals surface area contributed by atoms with E-state index in [0.29, 0.717) is 0 Å². The van der Waals surface area contributed by atoms with E-state index in [0.717, 1.165) is 38.2 Å². The fourth-order valence-corrected chi connectivity index (χ4v) is 2.91. The van der Waals surface area contributed by atoms with Crippen LogP contribution < -0.4 is 10.1 Å². The van der Waals surface area contributed by atoms with Crippen molar-refractivity contribution in [1.82, 2.24) is 10.2 Å². The SMILES string of the molecule is CNCC(C)C(=O)N1CCC(Oc2cc(C)ccc2C)CC1. The number of nitrogens with one attached hydrogen (secondary N) is 1. The van der Waals surface area contributed by atoms with Crippen LogP contribution in [0.4, 0.5) is 0 Å². The van der Waals surface area contributed by atoms with Crippen LogP contribution in [-0.4, -0.2) is 43.6 Å². The van der Waals surface area contributed by atoms with Crippen LogP contribution in [0.1, 0.15) is 30.9 Å². The van der Waals surface area contributed by atoms with Crippen LogP contribution in [0.15, 0.2) is 18.2 Å². The van der Waals surface area contributed by atoms with Crippen molar-refractivity contribution in [2.45, 2.75) is 39.7 Å². The summed E-state index contributed by atoms with van der Waals surface area (Å²) in [6, 6.07) is 6.30. The summed E-state index contributed by atoms with van der Waals surface area (Å²) in [5.41, 5.74) is 2.39. The van der Waals surface area contributed by atoms with Gasteiger partial charge in [0.25, 0.3) is 0 Å². The zero-order valence-electron chi connectivity index (χ0n) is 14.2. The number of nitrogens with zero attached hydrogens (tertiary/aromatic N) is 1. The van der Waals surface area contributed by atoms with Gasteiger partial charge < -0.3 is 15.0 Å². The third-order valence-electron chi connectivity index (χ3n) is 4.32. The number of hydrogen-bond acceptors (Lipinski definition) is 3. The third-order valence-corrected chi connectivity index (χ3v) is 4.32. The summed E-state index contributed by atoms with van der Waals surface area (Å²) in [7, 11) is 1.88. The maximum Gasteiger partial charge on any atom is 0.226 e. The van der Waals surface area contributed by atoms with E-state index in [1.807, 2.05) is 18.9 Å². The van der Waals surface area contributed by atoms with E-state index in [9.17, 15) is 4.79 Å². The van der Waals surface area contributed by atoms with Gasteiger partial charge in [-0.3, -0.25) is 4.79 Å². The molecule has 1 fully saturated rings. The number of piperidine rings is 1. The molecular formula is C18H28N2O2. The van der Waals surface area contributed by atoms with Crippen molar-refractivity contribution in [3.63, 3.8) is 0 Å². The first-order valence-corrected chi connectivity index (χ1v) is 8.18. The molecule has 1 aromatic carbocycles. The summed E-state index contributed by atoms with van der Waals surface area (Å²) in [5.74, 6) is 1.27. The molecule has 1 aromatic rings. The predicted molar refractivity (Wildman–Crippen MR) is 89.2 cm³/mol. The average Bonchev–Trinajstić information content (AvgIpc) is 2.51. The Morgan fingerprint density at radius 2 is 2.05 bits per heavy atom. The van der Waals surface area contributed by atoms with Crippen molar-refractivity contribution in [1.29, 1.82) is 0 Å². The number of benzene rings is 1. The largest absolute Gasteiger partial charge is 0.490 e. The van der Waals surface area contributed by atoms with Crippen LogP contribution in [0.5, 0.6) is 5.75 Å². The molecule has 1 atom stereocenters. The lowest BCUT2D eigenvalue weighted by Gasteiger charge is -2.34. The number of aryl methyl sites for hydroxylation is 2. The van der Waals surface area contributed by atoms with Gasteiger partial charge in [0, 0.05) is 38.4 Å². The minimum Gasteiger partial charge on any atom is -0.490 e. The fraction of sp³-hybridized carbons (Fsp3) is 0.611. The molecule has 22 heavy (non-hydrogen) atoms. The monoisotopic (exact) mass is 304 g/mol. The standard InChI is InChI=1S/C18H28N2O2/c1-13-5-6-14(2)17(11-13)22-16-7-9-20(10-8-16)18(21)15(3)12-19-4/h5-6,11,15-16,19H,7-10,12H2,1-4H3. The van der Waals surface area contributed by atoms with Crippen LogP contribution >= 0.6 is 0 Å². The Labute approximate surface area is 133 Å². The zero-order chi connectivity index (χ0) is 16.1. The van der Waals surface area contributed by atoms with Crippen LogP contribution in [-0.2, 0) is 4.79 Å². The van der Waals surface area contributed by atoms with Gasteiger partial charge in [0.15, 0.2) is 0 Å². The van der Waals surface area contributed by atoms with E-state index in [4.69, 9.17) is 4.74 Å². The molecule has 1 unspecified atom stereocenters. The molecule has 1 heterocycles. The van der Waals surface area contributed by atoms with E-state index >= 15 is 0 Å². The first-order valence-electron chi connectivity index (χ1n) is 8.18. The molecule has 1 saturated heterocycles. The van der Waals surface area contributed by atoms with Crippen molar-refractivity contribution in [2.75, 3.05) is 26.7 Å². The Kier molecular flexibility index (Phi) is 5.83. The molecule has 1 aliphatic heterocycles. The summed E-state index contributed by atoms with van der Waals surface area (Å²) in [5, 5.41) is 3.07. The van der Waals surface area contributed by atoms with Gasteiger partial charge in [-0.1, -0.05) is 19.1 Å². The second-order valence-electron chi connectivity index (χ2n) is 6.37. The number of carbonyl (C=O) groups is 1. The number of hydrogen-bond donors (Lipinski definition) is 1. The second kappa shape index (κ2) is 7.63. The van der Waals surface area contributed by atoms with Gasteiger partial charge in [-0.15, -0.1) is 0 Å². The number of rotatable bonds is 5. The highest BCUT2D eigenvalue weighted by Crippen LogP contribution is 2.24. The van der Waals surface area contributed by atoms with Gasteiger partial charge in [-0.25, -0.2) is 0 Å². The van der Waals surface area contributed by atoms with Crippen molar-refractivity contribution in [3.8, 4) is 5.75 Å². The fourth-order valence-electron chi connectivity index (χ4n) is 2.91. The molecule has 0 aliphatic carbocycles. The van der Waals surface area contributed by atoms with E-state index in [1.54, 1.807) is 0 Å².